The molecule has 2 aliphatic rings. The fourth-order valence-corrected chi connectivity index (χ4v) is 4.30. The lowest BCUT2D eigenvalue weighted by Crippen LogP contribution is -2.31. The van der Waals surface area contributed by atoms with E-state index in [4.69, 9.17) is 14.6 Å². The van der Waals surface area contributed by atoms with Crippen molar-refractivity contribution in [3.05, 3.63) is 53.5 Å². The third-order valence-corrected chi connectivity index (χ3v) is 5.50. The molecule has 5 rings (SSSR count). The zero-order valence-corrected chi connectivity index (χ0v) is 15.6. The highest BCUT2D eigenvalue weighted by atomic mass is 19.4. The van der Waals surface area contributed by atoms with Gasteiger partial charge in [0.15, 0.2) is 0 Å². The molecule has 154 valence electrons. The second-order valence-electron chi connectivity index (χ2n) is 7.18. The number of aromatic amines is 2. The summed E-state index contributed by atoms with van der Waals surface area (Å²) in [6, 6.07) is 11.0. The maximum Gasteiger partial charge on any atom is 0.490 e. The molecule has 0 saturated carbocycles. The van der Waals surface area contributed by atoms with Gasteiger partial charge in [-0.05, 0) is 48.9 Å². The van der Waals surface area contributed by atoms with Gasteiger partial charge in [0.1, 0.15) is 5.75 Å². The molecule has 0 amide bonds. The molecule has 0 spiro atoms. The van der Waals surface area contributed by atoms with Crippen LogP contribution in [-0.4, -0.2) is 52.3 Å². The summed E-state index contributed by atoms with van der Waals surface area (Å²) < 4.78 is 37.2. The Kier molecular flexibility index (Phi) is 4.77. The van der Waals surface area contributed by atoms with Crippen LogP contribution in [0.4, 0.5) is 13.2 Å². The van der Waals surface area contributed by atoms with Gasteiger partial charge in [-0.2, -0.15) is 13.2 Å². The Balaban J connectivity index is 0.000000255. The molecule has 3 N–H and O–H groups in total. The number of halogens is 3. The number of hydrogen-bond acceptors (Lipinski definition) is 3. The van der Waals surface area contributed by atoms with E-state index >= 15 is 0 Å². The van der Waals surface area contributed by atoms with Gasteiger partial charge in [-0.25, -0.2) is 4.79 Å². The minimum atomic E-state index is -5.08. The number of ether oxygens (including phenoxy) is 1. The maximum absolute atomic E-state index is 10.6. The van der Waals surface area contributed by atoms with E-state index in [0.717, 1.165) is 12.3 Å². The summed E-state index contributed by atoms with van der Waals surface area (Å²) in [5.41, 5.74) is 5.36. The van der Waals surface area contributed by atoms with Crippen molar-refractivity contribution in [3.8, 4) is 5.75 Å². The largest absolute Gasteiger partial charge is 0.497 e. The highest BCUT2D eigenvalue weighted by Crippen LogP contribution is 2.47. The Labute approximate surface area is 164 Å². The molecule has 2 aliphatic heterocycles. The first kappa shape index (κ1) is 19.4. The number of methoxy groups -OCH3 is 1. The molecule has 2 bridgehead atoms. The lowest BCUT2D eigenvalue weighted by molar-refractivity contribution is -0.192. The first-order chi connectivity index (χ1) is 13.8. The van der Waals surface area contributed by atoms with Gasteiger partial charge in [0, 0.05) is 41.0 Å². The average Bonchev–Trinajstić information content (AvgIpc) is 3.41. The first-order valence-electron chi connectivity index (χ1n) is 9.16. The highest BCUT2D eigenvalue weighted by Gasteiger charge is 2.41. The monoisotopic (exact) mass is 407 g/mol. The van der Waals surface area contributed by atoms with E-state index in [1.165, 1.54) is 40.8 Å². The van der Waals surface area contributed by atoms with Gasteiger partial charge in [-0.3, -0.25) is 4.90 Å². The zero-order valence-electron chi connectivity index (χ0n) is 15.6. The van der Waals surface area contributed by atoms with Crippen molar-refractivity contribution in [3.63, 3.8) is 0 Å². The molecule has 1 aromatic carbocycles. The number of nitrogens with zero attached hydrogens (tertiary/aromatic N) is 1. The van der Waals surface area contributed by atoms with Crippen LogP contribution in [0.15, 0.2) is 36.5 Å². The SMILES string of the molecule is COc1ccc2[nH]c3c(c2c1)C1CCN(C1)C3c1ccc[nH]1.O=C(O)C(F)(F)F. The number of aliphatic carboxylic acids is 1. The van der Waals surface area contributed by atoms with Crippen LogP contribution < -0.4 is 4.74 Å². The van der Waals surface area contributed by atoms with Crippen LogP contribution in [0.25, 0.3) is 10.9 Å². The topological polar surface area (TPSA) is 81.3 Å². The zero-order chi connectivity index (χ0) is 20.8. The highest BCUT2D eigenvalue weighted by molar-refractivity contribution is 5.87. The molecule has 29 heavy (non-hydrogen) atoms. The number of nitrogens with one attached hydrogen (secondary N) is 2. The Morgan fingerprint density at radius 3 is 2.69 bits per heavy atom. The molecule has 0 radical (unpaired) electrons. The van der Waals surface area contributed by atoms with Crippen LogP contribution in [0.5, 0.6) is 5.75 Å². The number of fused-ring (bicyclic) bond motifs is 6. The van der Waals surface area contributed by atoms with E-state index in [1.54, 1.807) is 7.11 Å². The van der Waals surface area contributed by atoms with Gasteiger partial charge in [0.05, 0.1) is 13.2 Å². The number of H-pyrrole nitrogens is 2. The summed E-state index contributed by atoms with van der Waals surface area (Å²) in [6.07, 6.45) is -1.82. The van der Waals surface area contributed by atoms with Gasteiger partial charge in [-0.15, -0.1) is 0 Å². The van der Waals surface area contributed by atoms with E-state index in [2.05, 4.69) is 39.1 Å². The van der Waals surface area contributed by atoms with Crippen LogP contribution in [0, 0.1) is 0 Å². The molecule has 4 heterocycles. The molecule has 0 aliphatic carbocycles. The molecule has 3 aromatic rings. The average molecular weight is 407 g/mol. The van der Waals surface area contributed by atoms with Crippen molar-refractivity contribution in [1.29, 1.82) is 0 Å². The van der Waals surface area contributed by atoms with Crippen LogP contribution in [-0.2, 0) is 4.79 Å². The summed E-state index contributed by atoms with van der Waals surface area (Å²) in [5.74, 6) is -1.18. The number of hydrogen-bond donors (Lipinski definition) is 3. The molecule has 1 saturated heterocycles. The van der Waals surface area contributed by atoms with Gasteiger partial charge in [0.2, 0.25) is 0 Å². The van der Waals surface area contributed by atoms with E-state index in [0.29, 0.717) is 12.0 Å². The maximum atomic E-state index is 10.6. The van der Waals surface area contributed by atoms with Crippen molar-refractivity contribution in [1.82, 2.24) is 14.9 Å². The van der Waals surface area contributed by atoms with Crippen molar-refractivity contribution in [2.24, 2.45) is 0 Å². The minimum Gasteiger partial charge on any atom is -0.497 e. The molecule has 3 unspecified atom stereocenters. The third-order valence-electron chi connectivity index (χ3n) is 5.50. The third kappa shape index (κ3) is 3.46. The van der Waals surface area contributed by atoms with Gasteiger partial charge >= 0.3 is 12.1 Å². The van der Waals surface area contributed by atoms with Crippen LogP contribution in [0.1, 0.15) is 35.3 Å². The molecular formula is C20H20F3N3O3. The Hall–Kier alpha value is -2.94. The fourth-order valence-electron chi connectivity index (χ4n) is 4.30. The molecule has 1 fully saturated rings. The predicted molar refractivity (Wildman–Crippen MR) is 100 cm³/mol. The Morgan fingerprint density at radius 2 is 2.07 bits per heavy atom. The summed E-state index contributed by atoms with van der Waals surface area (Å²) in [5, 5.41) is 8.46. The van der Waals surface area contributed by atoms with Crippen LogP contribution in [0.3, 0.4) is 0 Å². The Morgan fingerprint density at radius 1 is 1.31 bits per heavy atom. The fraction of sp³-hybridized carbons (Fsp3) is 0.350. The van der Waals surface area contributed by atoms with Crippen LogP contribution in [0.2, 0.25) is 0 Å². The second kappa shape index (κ2) is 7.14. The predicted octanol–water partition coefficient (Wildman–Crippen LogP) is 4.03. The Bertz CT molecular complexity index is 1030. The van der Waals surface area contributed by atoms with Crippen molar-refractivity contribution in [2.45, 2.75) is 24.6 Å². The lowest BCUT2D eigenvalue weighted by atomic mass is 9.89. The standard InChI is InChI=1S/C18H19N3O.C2HF3O2/c1-22-12-4-5-14-13(9-12)16-11-6-8-21(10-11)18(17(16)20-14)15-3-2-7-19-15;3-2(4,5)1(6)7/h2-5,7,9,11,18-20H,6,8,10H2,1H3;(H,6,7). The minimum absolute atomic E-state index is 0.321. The smallest absolute Gasteiger partial charge is 0.490 e. The summed E-state index contributed by atoms with van der Waals surface area (Å²) >= 11 is 0. The van der Waals surface area contributed by atoms with E-state index in [1.807, 2.05) is 12.3 Å². The quantitative estimate of drug-likeness (QED) is 0.599. The number of carbonyl (C=O) groups is 1. The number of carboxylic acid groups (broad SMARTS) is 1. The molecular weight excluding hydrogens is 387 g/mol. The second-order valence-corrected chi connectivity index (χ2v) is 7.18. The summed E-state index contributed by atoms with van der Waals surface area (Å²) in [7, 11) is 1.74. The first-order valence-corrected chi connectivity index (χ1v) is 9.16. The molecule has 6 nitrogen and oxygen atoms in total. The van der Waals surface area contributed by atoms with Gasteiger partial charge in [-0.1, -0.05) is 0 Å². The number of carboxylic acids is 1. The molecule has 2 aromatic heterocycles. The summed E-state index contributed by atoms with van der Waals surface area (Å²) in [4.78, 5) is 18.6. The number of benzene rings is 1. The molecule has 3 atom stereocenters. The summed E-state index contributed by atoms with van der Waals surface area (Å²) in [6.45, 7) is 2.32. The van der Waals surface area contributed by atoms with Crippen molar-refractivity contribution < 1.29 is 27.8 Å². The lowest BCUT2D eigenvalue weighted by Gasteiger charge is -2.32. The van der Waals surface area contributed by atoms with Crippen LogP contribution >= 0.6 is 0 Å². The van der Waals surface area contributed by atoms with Crippen molar-refractivity contribution >= 4 is 16.9 Å². The van der Waals surface area contributed by atoms with E-state index in [9.17, 15) is 13.2 Å². The van der Waals surface area contributed by atoms with E-state index in [-0.39, 0.29) is 0 Å². The normalized spacial score (nSPS) is 22.7. The van der Waals surface area contributed by atoms with Crippen molar-refractivity contribution in [2.75, 3.05) is 20.2 Å². The van der Waals surface area contributed by atoms with E-state index < -0.39 is 12.1 Å². The number of aromatic nitrogens is 2. The van der Waals surface area contributed by atoms with Gasteiger partial charge < -0.3 is 19.8 Å². The number of rotatable bonds is 2. The van der Waals surface area contributed by atoms with Gasteiger partial charge in [0.25, 0.3) is 0 Å². The molecule has 9 heteroatoms. The number of alkyl halides is 3.